The van der Waals surface area contributed by atoms with Gasteiger partial charge in [-0.1, -0.05) is 12.1 Å². The molecule has 1 aromatic heterocycles. The Hall–Kier alpha value is -1.84. The van der Waals surface area contributed by atoms with E-state index in [1.54, 1.807) is 4.57 Å². The maximum Gasteiger partial charge on any atom is 0.327 e. The molecule has 1 amide bonds. The third kappa shape index (κ3) is 1.23. The van der Waals surface area contributed by atoms with E-state index in [0.29, 0.717) is 0 Å². The molecule has 3 rings (SSSR count). The van der Waals surface area contributed by atoms with E-state index in [4.69, 9.17) is 0 Å². The summed E-state index contributed by atoms with van der Waals surface area (Å²) in [5.74, 6) is 0.843. The van der Waals surface area contributed by atoms with Crippen molar-refractivity contribution in [1.29, 1.82) is 0 Å². The average Bonchev–Trinajstić information content (AvgIpc) is 2.52. The Balaban J connectivity index is 2.29. The van der Waals surface area contributed by atoms with Gasteiger partial charge in [-0.2, -0.15) is 0 Å². The van der Waals surface area contributed by atoms with Crippen LogP contribution in [-0.4, -0.2) is 21.1 Å². The summed E-state index contributed by atoms with van der Waals surface area (Å²) >= 11 is 0. The number of amides is 1. The van der Waals surface area contributed by atoms with Gasteiger partial charge >= 0.3 is 6.03 Å². The molecule has 0 saturated heterocycles. The van der Waals surface area contributed by atoms with Gasteiger partial charge in [-0.15, -0.1) is 0 Å². The molecule has 1 aromatic carbocycles. The molecule has 0 aliphatic carbocycles. The van der Waals surface area contributed by atoms with Crippen molar-refractivity contribution in [2.24, 2.45) is 0 Å². The molecule has 0 unspecified atom stereocenters. The van der Waals surface area contributed by atoms with Gasteiger partial charge in [-0.05, 0) is 26.0 Å². The van der Waals surface area contributed by atoms with Crippen molar-refractivity contribution in [3.8, 4) is 0 Å². The number of para-hydroxylation sites is 2. The van der Waals surface area contributed by atoms with Crippen LogP contribution in [0.5, 0.6) is 0 Å². The molecule has 0 saturated carbocycles. The predicted octanol–water partition coefficient (Wildman–Crippen LogP) is 1.93. The normalized spacial score (nSPS) is 18.2. The molecule has 0 radical (unpaired) electrons. The van der Waals surface area contributed by atoms with E-state index in [1.165, 1.54) is 0 Å². The second-order valence-electron chi connectivity index (χ2n) is 4.84. The number of fused-ring (bicyclic) bond motifs is 3. The maximum absolute atomic E-state index is 12.0. The van der Waals surface area contributed by atoms with Gasteiger partial charge in [0.15, 0.2) is 0 Å². The Morgan fingerprint density at radius 1 is 1.38 bits per heavy atom. The van der Waals surface area contributed by atoms with Crippen molar-refractivity contribution in [3.63, 3.8) is 0 Å². The smallest absolute Gasteiger partial charge is 0.327 e. The van der Waals surface area contributed by atoms with E-state index in [-0.39, 0.29) is 11.6 Å². The van der Waals surface area contributed by atoms with Crippen LogP contribution in [0.3, 0.4) is 0 Å². The third-order valence-corrected chi connectivity index (χ3v) is 2.88. The largest absolute Gasteiger partial charge is 0.332 e. The molecular formula is C12H13N3O. The summed E-state index contributed by atoms with van der Waals surface area (Å²) in [5, 5.41) is 2.97. The predicted molar refractivity (Wildman–Crippen MR) is 61.4 cm³/mol. The van der Waals surface area contributed by atoms with E-state index in [0.717, 1.165) is 23.3 Å². The van der Waals surface area contributed by atoms with Crippen LogP contribution in [0.1, 0.15) is 19.7 Å². The summed E-state index contributed by atoms with van der Waals surface area (Å²) in [5.41, 5.74) is 1.55. The summed E-state index contributed by atoms with van der Waals surface area (Å²) in [7, 11) is 0. The highest BCUT2D eigenvalue weighted by Crippen LogP contribution is 2.23. The zero-order valence-electron chi connectivity index (χ0n) is 9.32. The Labute approximate surface area is 93.3 Å². The number of carbonyl (C=O) groups is 1. The monoisotopic (exact) mass is 215 g/mol. The molecular weight excluding hydrogens is 202 g/mol. The van der Waals surface area contributed by atoms with Crippen LogP contribution in [0.2, 0.25) is 0 Å². The van der Waals surface area contributed by atoms with E-state index in [9.17, 15) is 4.79 Å². The van der Waals surface area contributed by atoms with Gasteiger partial charge in [-0.3, -0.25) is 0 Å². The van der Waals surface area contributed by atoms with Crippen molar-refractivity contribution in [2.45, 2.75) is 25.8 Å². The number of nitrogens with one attached hydrogen (secondary N) is 1. The van der Waals surface area contributed by atoms with E-state index >= 15 is 0 Å². The van der Waals surface area contributed by atoms with E-state index < -0.39 is 0 Å². The molecule has 4 nitrogen and oxygen atoms in total. The van der Waals surface area contributed by atoms with Gasteiger partial charge in [0.1, 0.15) is 5.82 Å². The Kier molecular flexibility index (Phi) is 1.67. The Bertz CT molecular complexity index is 583. The highest BCUT2D eigenvalue weighted by molar-refractivity contribution is 5.91. The molecule has 2 heterocycles. The van der Waals surface area contributed by atoms with Crippen LogP contribution < -0.4 is 5.32 Å². The van der Waals surface area contributed by atoms with Crippen LogP contribution in [0, 0.1) is 0 Å². The van der Waals surface area contributed by atoms with Crippen molar-refractivity contribution < 1.29 is 4.79 Å². The minimum Gasteiger partial charge on any atom is -0.332 e. The van der Waals surface area contributed by atoms with Crippen molar-refractivity contribution >= 4 is 17.1 Å². The van der Waals surface area contributed by atoms with Crippen molar-refractivity contribution in [3.05, 3.63) is 30.1 Å². The van der Waals surface area contributed by atoms with Gasteiger partial charge in [0.05, 0.1) is 11.0 Å². The van der Waals surface area contributed by atoms with E-state index in [1.807, 2.05) is 38.1 Å². The van der Waals surface area contributed by atoms with Crippen LogP contribution >= 0.6 is 0 Å². The highest BCUT2D eigenvalue weighted by atomic mass is 16.2. The van der Waals surface area contributed by atoms with Gasteiger partial charge < -0.3 is 5.32 Å². The first-order valence-corrected chi connectivity index (χ1v) is 5.36. The second-order valence-corrected chi connectivity index (χ2v) is 4.84. The first-order chi connectivity index (χ1) is 7.57. The summed E-state index contributed by atoms with van der Waals surface area (Å²) in [6.45, 7) is 4.02. The average molecular weight is 215 g/mol. The second kappa shape index (κ2) is 2.84. The molecule has 4 heteroatoms. The molecule has 0 atom stereocenters. The van der Waals surface area contributed by atoms with Crippen molar-refractivity contribution in [2.75, 3.05) is 0 Å². The first kappa shape index (κ1) is 9.39. The van der Waals surface area contributed by atoms with Gasteiger partial charge in [0.2, 0.25) is 0 Å². The van der Waals surface area contributed by atoms with Gasteiger partial charge in [0.25, 0.3) is 0 Å². The number of hydrogen-bond acceptors (Lipinski definition) is 2. The first-order valence-electron chi connectivity index (χ1n) is 5.36. The lowest BCUT2D eigenvalue weighted by Gasteiger charge is -2.30. The molecule has 1 aliphatic rings. The minimum atomic E-state index is -0.214. The molecule has 1 N–H and O–H groups in total. The van der Waals surface area contributed by atoms with Crippen LogP contribution in [0.25, 0.3) is 11.0 Å². The fourth-order valence-electron chi connectivity index (χ4n) is 2.21. The number of hydrogen-bond donors (Lipinski definition) is 1. The number of rotatable bonds is 0. The maximum atomic E-state index is 12.0. The molecule has 2 aromatic rings. The Morgan fingerprint density at radius 3 is 2.94 bits per heavy atom. The summed E-state index contributed by atoms with van der Waals surface area (Å²) < 4.78 is 1.67. The summed E-state index contributed by atoms with van der Waals surface area (Å²) in [6.07, 6.45) is 0.757. The summed E-state index contributed by atoms with van der Waals surface area (Å²) in [6, 6.07) is 7.62. The summed E-state index contributed by atoms with van der Waals surface area (Å²) in [4.78, 5) is 16.5. The quantitative estimate of drug-likeness (QED) is 0.730. The van der Waals surface area contributed by atoms with E-state index in [2.05, 4.69) is 10.3 Å². The number of aromatic nitrogens is 2. The van der Waals surface area contributed by atoms with Gasteiger partial charge in [0, 0.05) is 12.0 Å². The van der Waals surface area contributed by atoms with Gasteiger partial charge in [-0.25, -0.2) is 14.3 Å². The fourth-order valence-corrected chi connectivity index (χ4v) is 2.21. The zero-order chi connectivity index (χ0) is 11.3. The van der Waals surface area contributed by atoms with Crippen molar-refractivity contribution in [1.82, 2.24) is 14.9 Å². The lowest BCUT2D eigenvalue weighted by atomic mass is 9.99. The molecule has 82 valence electrons. The lowest BCUT2D eigenvalue weighted by Crippen LogP contribution is -2.51. The van der Waals surface area contributed by atoms with Crippen LogP contribution in [0.15, 0.2) is 24.3 Å². The zero-order valence-corrected chi connectivity index (χ0v) is 9.32. The van der Waals surface area contributed by atoms with Crippen LogP contribution in [0.4, 0.5) is 4.79 Å². The SMILES string of the molecule is CC1(C)Cc2nc3ccccc3n2C(=O)N1. The molecule has 0 spiro atoms. The number of imidazole rings is 1. The third-order valence-electron chi connectivity index (χ3n) is 2.88. The number of nitrogens with zero attached hydrogens (tertiary/aromatic N) is 2. The molecule has 0 bridgehead atoms. The molecule has 0 fully saturated rings. The standard InChI is InChI=1S/C12H13N3O/c1-12(2)7-10-13-8-5-3-4-6-9(8)15(10)11(16)14-12/h3-6H,7H2,1-2H3,(H,14,16). The molecule has 1 aliphatic heterocycles. The van der Waals surface area contributed by atoms with Crippen LogP contribution in [-0.2, 0) is 6.42 Å². The Morgan fingerprint density at radius 2 is 2.12 bits per heavy atom. The minimum absolute atomic E-state index is 0.0834. The number of benzene rings is 1. The highest BCUT2D eigenvalue weighted by Gasteiger charge is 2.31. The molecule has 16 heavy (non-hydrogen) atoms. The lowest BCUT2D eigenvalue weighted by molar-refractivity contribution is 0.223. The fraction of sp³-hybridized carbons (Fsp3) is 0.333. The number of carbonyl (C=O) groups excluding carboxylic acids is 1. The topological polar surface area (TPSA) is 46.9 Å².